The van der Waals surface area contributed by atoms with Gasteiger partial charge in [-0.3, -0.25) is 0 Å². The molecule has 0 N–H and O–H groups in total. The molecule has 3 heteroatoms. The van der Waals surface area contributed by atoms with E-state index in [0.717, 1.165) is 18.2 Å². The van der Waals surface area contributed by atoms with Crippen LogP contribution in [0.1, 0.15) is 12.8 Å². The zero-order chi connectivity index (χ0) is 10.4. The van der Waals surface area contributed by atoms with Gasteiger partial charge in [0.05, 0.1) is 6.61 Å². The monoisotopic (exact) mass is 196 g/mol. The predicted octanol–water partition coefficient (Wildman–Crippen LogP) is 2.76. The zero-order valence-electron chi connectivity index (χ0n) is 7.59. The van der Waals surface area contributed by atoms with Crippen molar-refractivity contribution in [2.75, 3.05) is 6.61 Å². The van der Waals surface area contributed by atoms with Crippen molar-refractivity contribution in [2.45, 2.75) is 12.8 Å². The molecule has 1 nitrogen and oxygen atoms in total. The average Bonchev–Trinajstić information content (AvgIpc) is 2.11. The minimum atomic E-state index is -0.642. The van der Waals surface area contributed by atoms with Crippen LogP contribution in [0.15, 0.2) is 18.2 Å². The first-order valence-electron chi connectivity index (χ1n) is 4.25. The Balaban J connectivity index is 2.47. The van der Waals surface area contributed by atoms with E-state index in [4.69, 9.17) is 11.2 Å². The molecular formula is C11H10F2O. The first kappa shape index (κ1) is 10.5. The number of rotatable bonds is 4. The van der Waals surface area contributed by atoms with E-state index in [1.54, 1.807) is 0 Å². The maximum atomic E-state index is 12.7. The summed E-state index contributed by atoms with van der Waals surface area (Å²) in [7, 11) is 0. The van der Waals surface area contributed by atoms with E-state index in [1.165, 1.54) is 0 Å². The fourth-order valence-electron chi connectivity index (χ4n) is 0.976. The van der Waals surface area contributed by atoms with Crippen molar-refractivity contribution in [3.8, 4) is 18.1 Å². The van der Waals surface area contributed by atoms with Crippen LogP contribution in [0.25, 0.3) is 0 Å². The van der Waals surface area contributed by atoms with Gasteiger partial charge in [0.2, 0.25) is 0 Å². The van der Waals surface area contributed by atoms with Crippen LogP contribution >= 0.6 is 0 Å². The maximum Gasteiger partial charge on any atom is 0.129 e. The van der Waals surface area contributed by atoms with E-state index in [-0.39, 0.29) is 5.75 Å². The molecule has 14 heavy (non-hydrogen) atoms. The first-order chi connectivity index (χ1) is 6.72. The van der Waals surface area contributed by atoms with Crippen LogP contribution in [0.5, 0.6) is 5.75 Å². The third-order valence-electron chi connectivity index (χ3n) is 1.57. The maximum absolute atomic E-state index is 12.7. The molecular weight excluding hydrogens is 186 g/mol. The van der Waals surface area contributed by atoms with Crippen LogP contribution in [0.4, 0.5) is 8.78 Å². The molecule has 0 amide bonds. The highest BCUT2D eigenvalue weighted by Gasteiger charge is 2.00. The number of ether oxygens (including phenoxy) is 1. The average molecular weight is 196 g/mol. The third-order valence-corrected chi connectivity index (χ3v) is 1.57. The summed E-state index contributed by atoms with van der Waals surface area (Å²) < 4.78 is 30.4. The van der Waals surface area contributed by atoms with Crippen LogP contribution in [0, 0.1) is 24.0 Å². The Bertz CT molecular complexity index is 321. The summed E-state index contributed by atoms with van der Waals surface area (Å²) in [4.78, 5) is 0. The SMILES string of the molecule is C#CCCCOc1cc(F)cc(F)c1. The number of terminal acetylenes is 1. The summed E-state index contributed by atoms with van der Waals surface area (Å²) in [6, 6.07) is 3.08. The third kappa shape index (κ3) is 3.44. The number of unbranched alkanes of at least 4 members (excludes halogenated alkanes) is 1. The quantitative estimate of drug-likeness (QED) is 0.531. The van der Waals surface area contributed by atoms with E-state index >= 15 is 0 Å². The minimum absolute atomic E-state index is 0.194. The molecule has 0 radical (unpaired) electrons. The lowest BCUT2D eigenvalue weighted by Crippen LogP contribution is -1.97. The topological polar surface area (TPSA) is 9.23 Å². The normalized spacial score (nSPS) is 9.50. The van der Waals surface area contributed by atoms with Crippen LogP contribution in [-0.2, 0) is 0 Å². The highest BCUT2D eigenvalue weighted by Crippen LogP contribution is 2.15. The molecule has 0 aliphatic rings. The highest BCUT2D eigenvalue weighted by molar-refractivity contribution is 5.23. The van der Waals surface area contributed by atoms with Gasteiger partial charge in [-0.1, -0.05) is 0 Å². The van der Waals surface area contributed by atoms with Gasteiger partial charge < -0.3 is 4.74 Å². The van der Waals surface area contributed by atoms with Crippen molar-refractivity contribution < 1.29 is 13.5 Å². The summed E-state index contributed by atoms with van der Waals surface area (Å²) in [6.07, 6.45) is 6.30. The molecule has 1 aromatic rings. The molecule has 0 aliphatic carbocycles. The second-order valence-electron chi connectivity index (χ2n) is 2.76. The van der Waals surface area contributed by atoms with Gasteiger partial charge in [-0.25, -0.2) is 8.78 Å². The molecule has 0 heterocycles. The first-order valence-corrected chi connectivity index (χ1v) is 4.25. The van der Waals surface area contributed by atoms with Gasteiger partial charge >= 0.3 is 0 Å². The Kier molecular flexibility index (Phi) is 3.93. The number of benzene rings is 1. The summed E-state index contributed by atoms with van der Waals surface area (Å²) in [5, 5.41) is 0. The van der Waals surface area contributed by atoms with Crippen molar-refractivity contribution in [2.24, 2.45) is 0 Å². The van der Waals surface area contributed by atoms with E-state index < -0.39 is 11.6 Å². The summed E-state index contributed by atoms with van der Waals surface area (Å²) in [5.74, 6) is 1.36. The zero-order valence-corrected chi connectivity index (χ0v) is 7.59. The highest BCUT2D eigenvalue weighted by atomic mass is 19.1. The second kappa shape index (κ2) is 5.23. The molecule has 1 rings (SSSR count). The summed E-state index contributed by atoms with van der Waals surface area (Å²) >= 11 is 0. The van der Waals surface area contributed by atoms with E-state index in [0.29, 0.717) is 19.4 Å². The van der Waals surface area contributed by atoms with Crippen molar-refractivity contribution >= 4 is 0 Å². The van der Waals surface area contributed by atoms with Crippen LogP contribution < -0.4 is 4.74 Å². The smallest absolute Gasteiger partial charge is 0.129 e. The lowest BCUT2D eigenvalue weighted by atomic mass is 10.3. The van der Waals surface area contributed by atoms with Gasteiger partial charge in [0.15, 0.2) is 0 Å². The fourth-order valence-corrected chi connectivity index (χ4v) is 0.976. The molecule has 1 aromatic carbocycles. The molecule has 0 fully saturated rings. The molecule has 0 saturated heterocycles. The fraction of sp³-hybridized carbons (Fsp3) is 0.273. The Morgan fingerprint density at radius 1 is 1.21 bits per heavy atom. The lowest BCUT2D eigenvalue weighted by molar-refractivity contribution is 0.309. The van der Waals surface area contributed by atoms with Gasteiger partial charge in [-0.15, -0.1) is 12.3 Å². The van der Waals surface area contributed by atoms with Crippen LogP contribution in [0.2, 0.25) is 0 Å². The Hall–Kier alpha value is -1.56. The molecule has 0 unspecified atom stereocenters. The molecule has 0 atom stereocenters. The van der Waals surface area contributed by atoms with E-state index in [9.17, 15) is 8.78 Å². The Morgan fingerprint density at radius 2 is 1.86 bits per heavy atom. The van der Waals surface area contributed by atoms with Gasteiger partial charge in [-0.05, 0) is 6.42 Å². The van der Waals surface area contributed by atoms with E-state index in [2.05, 4.69) is 5.92 Å². The number of halogens is 2. The molecule has 0 aliphatic heterocycles. The van der Waals surface area contributed by atoms with Gasteiger partial charge in [-0.2, -0.15) is 0 Å². The number of hydrogen-bond acceptors (Lipinski definition) is 1. The second-order valence-corrected chi connectivity index (χ2v) is 2.76. The van der Waals surface area contributed by atoms with Gasteiger partial charge in [0.25, 0.3) is 0 Å². The summed E-state index contributed by atoms with van der Waals surface area (Å²) in [6.45, 7) is 0.368. The molecule has 0 aromatic heterocycles. The Labute approximate surface area is 81.7 Å². The molecule has 74 valence electrons. The lowest BCUT2D eigenvalue weighted by Gasteiger charge is -2.04. The molecule has 0 bridgehead atoms. The van der Waals surface area contributed by atoms with Crippen molar-refractivity contribution in [3.05, 3.63) is 29.8 Å². The molecule has 0 saturated carbocycles. The molecule has 0 spiro atoms. The number of hydrogen-bond donors (Lipinski definition) is 0. The van der Waals surface area contributed by atoms with Crippen molar-refractivity contribution in [1.82, 2.24) is 0 Å². The Morgan fingerprint density at radius 3 is 2.43 bits per heavy atom. The van der Waals surface area contributed by atoms with E-state index in [1.807, 2.05) is 0 Å². The largest absolute Gasteiger partial charge is 0.493 e. The summed E-state index contributed by atoms with van der Waals surface area (Å²) in [5.41, 5.74) is 0. The van der Waals surface area contributed by atoms with Gasteiger partial charge in [0.1, 0.15) is 17.4 Å². The van der Waals surface area contributed by atoms with Crippen molar-refractivity contribution in [3.63, 3.8) is 0 Å². The van der Waals surface area contributed by atoms with Crippen LogP contribution in [-0.4, -0.2) is 6.61 Å². The van der Waals surface area contributed by atoms with Crippen molar-refractivity contribution in [1.29, 1.82) is 0 Å². The predicted molar refractivity (Wildman–Crippen MR) is 49.9 cm³/mol. The standard InChI is InChI=1S/C11H10F2O/c1-2-3-4-5-14-11-7-9(12)6-10(13)8-11/h1,6-8H,3-5H2. The minimum Gasteiger partial charge on any atom is -0.493 e. The van der Waals surface area contributed by atoms with Crippen LogP contribution in [0.3, 0.4) is 0 Å². The van der Waals surface area contributed by atoms with Gasteiger partial charge in [0, 0.05) is 24.6 Å².